The van der Waals surface area contributed by atoms with Gasteiger partial charge < -0.3 is 15.4 Å². The third-order valence-corrected chi connectivity index (χ3v) is 5.51. The molecule has 0 spiro atoms. The third kappa shape index (κ3) is 4.55. The fourth-order valence-corrected chi connectivity index (χ4v) is 3.83. The molecule has 1 saturated heterocycles. The summed E-state index contributed by atoms with van der Waals surface area (Å²) in [5.41, 5.74) is 7.93. The van der Waals surface area contributed by atoms with E-state index in [1.807, 2.05) is 48.5 Å². The molecule has 4 rings (SSSR count). The number of primary amides is 1. The number of esters is 1. The van der Waals surface area contributed by atoms with Crippen LogP contribution in [0.15, 0.2) is 60.7 Å². The van der Waals surface area contributed by atoms with Gasteiger partial charge in [0.2, 0.25) is 5.91 Å². The first-order chi connectivity index (χ1) is 15.0. The molecule has 2 N–H and O–H groups in total. The standard InChI is InChI=1S/C24H23N3O4/c25-23(29)17-9-6-12-27(14-17)22(28)15-31-24(30)19-13-21(16-7-2-1-3-8-16)26-20-11-5-4-10-18(19)20/h1-5,7-8,10-11,13,17H,6,9,12,14-15H2,(H2,25,29)/t17-/m0/s1. The minimum atomic E-state index is -0.590. The molecule has 3 aromatic rings. The SMILES string of the molecule is NC(=O)[C@H]1CCCN(C(=O)COC(=O)c2cc(-c3ccccc3)nc3ccccc23)C1. The highest BCUT2D eigenvalue weighted by molar-refractivity contribution is 6.05. The Bertz CT molecular complexity index is 1130. The smallest absolute Gasteiger partial charge is 0.339 e. The van der Waals surface area contributed by atoms with Crippen LogP contribution >= 0.6 is 0 Å². The fourth-order valence-electron chi connectivity index (χ4n) is 3.83. The summed E-state index contributed by atoms with van der Waals surface area (Å²) in [6, 6.07) is 18.6. The van der Waals surface area contributed by atoms with Gasteiger partial charge in [-0.3, -0.25) is 9.59 Å². The molecule has 31 heavy (non-hydrogen) atoms. The summed E-state index contributed by atoms with van der Waals surface area (Å²) in [5.74, 6) is -1.69. The van der Waals surface area contributed by atoms with Gasteiger partial charge >= 0.3 is 5.97 Å². The van der Waals surface area contributed by atoms with Crippen LogP contribution in [0.5, 0.6) is 0 Å². The number of fused-ring (bicyclic) bond motifs is 1. The lowest BCUT2D eigenvalue weighted by molar-refractivity contribution is -0.137. The number of hydrogen-bond acceptors (Lipinski definition) is 5. The summed E-state index contributed by atoms with van der Waals surface area (Å²) >= 11 is 0. The van der Waals surface area contributed by atoms with Crippen molar-refractivity contribution in [1.29, 1.82) is 0 Å². The van der Waals surface area contributed by atoms with E-state index < -0.39 is 11.9 Å². The van der Waals surface area contributed by atoms with Crippen LogP contribution in [0.2, 0.25) is 0 Å². The second-order valence-electron chi connectivity index (χ2n) is 7.60. The Morgan fingerprint density at radius 2 is 1.81 bits per heavy atom. The van der Waals surface area contributed by atoms with Crippen molar-refractivity contribution in [2.75, 3.05) is 19.7 Å². The topological polar surface area (TPSA) is 103 Å². The summed E-state index contributed by atoms with van der Waals surface area (Å²) in [7, 11) is 0. The number of hydrogen-bond donors (Lipinski definition) is 1. The molecule has 1 aromatic heterocycles. The minimum absolute atomic E-state index is 0.266. The molecule has 7 nitrogen and oxygen atoms in total. The Morgan fingerprint density at radius 1 is 1.06 bits per heavy atom. The summed E-state index contributed by atoms with van der Waals surface area (Å²) < 4.78 is 5.36. The first-order valence-electron chi connectivity index (χ1n) is 10.2. The molecular weight excluding hydrogens is 394 g/mol. The number of ether oxygens (including phenoxy) is 1. The van der Waals surface area contributed by atoms with Gasteiger partial charge in [-0.25, -0.2) is 9.78 Å². The van der Waals surface area contributed by atoms with E-state index in [0.29, 0.717) is 41.5 Å². The number of likely N-dealkylation sites (tertiary alicyclic amines) is 1. The predicted octanol–water partition coefficient (Wildman–Crippen LogP) is 2.78. The Morgan fingerprint density at radius 3 is 2.58 bits per heavy atom. The number of carbonyl (C=O) groups excluding carboxylic acids is 3. The molecule has 1 aliphatic heterocycles. The van der Waals surface area contributed by atoms with Gasteiger partial charge in [0, 0.05) is 24.0 Å². The Labute approximate surface area is 179 Å². The largest absolute Gasteiger partial charge is 0.452 e. The van der Waals surface area contributed by atoms with Crippen molar-refractivity contribution in [2.45, 2.75) is 12.8 Å². The van der Waals surface area contributed by atoms with E-state index in [4.69, 9.17) is 10.5 Å². The van der Waals surface area contributed by atoms with Gasteiger partial charge in [0.15, 0.2) is 6.61 Å². The van der Waals surface area contributed by atoms with E-state index in [2.05, 4.69) is 4.98 Å². The molecule has 0 radical (unpaired) electrons. The zero-order valence-electron chi connectivity index (χ0n) is 17.0. The number of para-hydroxylation sites is 1. The van der Waals surface area contributed by atoms with Gasteiger partial charge in [-0.2, -0.15) is 0 Å². The number of nitrogens with two attached hydrogens (primary N) is 1. The van der Waals surface area contributed by atoms with E-state index in [9.17, 15) is 14.4 Å². The summed E-state index contributed by atoms with van der Waals surface area (Å²) in [6.45, 7) is 0.403. The Balaban J connectivity index is 1.53. The van der Waals surface area contributed by atoms with Gasteiger partial charge in [-0.1, -0.05) is 48.5 Å². The number of nitrogens with zero attached hydrogens (tertiary/aromatic N) is 2. The van der Waals surface area contributed by atoms with Crippen molar-refractivity contribution in [2.24, 2.45) is 11.7 Å². The second kappa shape index (κ2) is 8.95. The van der Waals surface area contributed by atoms with Crippen molar-refractivity contribution in [1.82, 2.24) is 9.88 Å². The van der Waals surface area contributed by atoms with Crippen LogP contribution in [-0.4, -0.2) is 47.4 Å². The zero-order valence-corrected chi connectivity index (χ0v) is 17.0. The highest BCUT2D eigenvalue weighted by Gasteiger charge is 2.27. The van der Waals surface area contributed by atoms with E-state index in [0.717, 1.165) is 5.56 Å². The Kier molecular flexibility index (Phi) is 5.93. The third-order valence-electron chi connectivity index (χ3n) is 5.51. The van der Waals surface area contributed by atoms with E-state index in [1.165, 1.54) is 4.90 Å². The quantitative estimate of drug-likeness (QED) is 0.643. The van der Waals surface area contributed by atoms with Gasteiger partial charge in [0.1, 0.15) is 0 Å². The van der Waals surface area contributed by atoms with Crippen LogP contribution in [0.1, 0.15) is 23.2 Å². The number of aromatic nitrogens is 1. The molecule has 0 bridgehead atoms. The molecule has 1 aliphatic rings. The lowest BCUT2D eigenvalue weighted by Gasteiger charge is -2.31. The number of pyridine rings is 1. The van der Waals surface area contributed by atoms with E-state index >= 15 is 0 Å². The normalized spacial score (nSPS) is 16.1. The van der Waals surface area contributed by atoms with Crippen molar-refractivity contribution in [3.63, 3.8) is 0 Å². The molecule has 7 heteroatoms. The van der Waals surface area contributed by atoms with Crippen LogP contribution in [-0.2, 0) is 14.3 Å². The molecule has 1 atom stereocenters. The van der Waals surface area contributed by atoms with Crippen molar-refractivity contribution in [3.05, 3.63) is 66.2 Å². The summed E-state index contributed by atoms with van der Waals surface area (Å²) in [6.07, 6.45) is 1.37. The maximum Gasteiger partial charge on any atom is 0.339 e. The van der Waals surface area contributed by atoms with Crippen LogP contribution < -0.4 is 5.73 Å². The van der Waals surface area contributed by atoms with Crippen LogP contribution in [0, 0.1) is 5.92 Å². The molecule has 0 unspecified atom stereocenters. The van der Waals surface area contributed by atoms with Crippen molar-refractivity contribution in [3.8, 4) is 11.3 Å². The van der Waals surface area contributed by atoms with E-state index in [-0.39, 0.29) is 25.0 Å². The summed E-state index contributed by atoms with van der Waals surface area (Å²) in [5, 5.41) is 0.659. The lowest BCUT2D eigenvalue weighted by atomic mass is 9.97. The fraction of sp³-hybridized carbons (Fsp3) is 0.250. The van der Waals surface area contributed by atoms with Gasteiger partial charge in [-0.15, -0.1) is 0 Å². The molecular formula is C24H23N3O4. The van der Waals surface area contributed by atoms with Crippen LogP contribution in [0.3, 0.4) is 0 Å². The van der Waals surface area contributed by atoms with Crippen LogP contribution in [0.25, 0.3) is 22.2 Å². The number of piperidine rings is 1. The zero-order chi connectivity index (χ0) is 21.8. The molecule has 1 fully saturated rings. The average molecular weight is 417 g/mol. The van der Waals surface area contributed by atoms with Crippen LogP contribution in [0.4, 0.5) is 0 Å². The molecule has 0 saturated carbocycles. The monoisotopic (exact) mass is 417 g/mol. The first-order valence-corrected chi connectivity index (χ1v) is 10.2. The molecule has 2 aromatic carbocycles. The molecule has 0 aliphatic carbocycles. The van der Waals surface area contributed by atoms with Crippen molar-refractivity contribution >= 4 is 28.7 Å². The number of carbonyl (C=O) groups is 3. The second-order valence-corrected chi connectivity index (χ2v) is 7.60. The number of amides is 2. The molecule has 158 valence electrons. The molecule has 2 amide bonds. The van der Waals surface area contributed by atoms with Gasteiger partial charge in [-0.05, 0) is 25.0 Å². The first kappa shape index (κ1) is 20.5. The molecule has 2 heterocycles. The highest BCUT2D eigenvalue weighted by Crippen LogP contribution is 2.25. The maximum atomic E-state index is 12.9. The number of benzene rings is 2. The predicted molar refractivity (Wildman–Crippen MR) is 116 cm³/mol. The summed E-state index contributed by atoms with van der Waals surface area (Å²) in [4.78, 5) is 43.1. The van der Waals surface area contributed by atoms with E-state index in [1.54, 1.807) is 12.1 Å². The highest BCUT2D eigenvalue weighted by atomic mass is 16.5. The van der Waals surface area contributed by atoms with Gasteiger partial charge in [0.05, 0.1) is 22.7 Å². The van der Waals surface area contributed by atoms with Crippen molar-refractivity contribution < 1.29 is 19.1 Å². The average Bonchev–Trinajstić information content (AvgIpc) is 2.82. The maximum absolute atomic E-state index is 12.9. The van der Waals surface area contributed by atoms with Gasteiger partial charge in [0.25, 0.3) is 5.91 Å². The minimum Gasteiger partial charge on any atom is -0.452 e. The number of rotatable bonds is 5. The lowest BCUT2D eigenvalue weighted by Crippen LogP contribution is -2.45. The Hall–Kier alpha value is -3.74.